The number of carboxylic acid groups (broad SMARTS) is 1. The molecule has 0 aliphatic rings. The first-order valence-electron chi connectivity index (χ1n) is 8.30. The fraction of sp³-hybridized carbons (Fsp3) is 0.263. The van der Waals surface area contributed by atoms with Gasteiger partial charge in [0.1, 0.15) is 5.75 Å². The monoisotopic (exact) mass is 355 g/mol. The van der Waals surface area contributed by atoms with Crippen LogP contribution in [0.3, 0.4) is 0 Å². The van der Waals surface area contributed by atoms with Crippen LogP contribution in [0, 0.1) is 0 Å². The number of nitrogens with one attached hydrogen (secondary N) is 2. The molecule has 0 aliphatic carbocycles. The molecule has 0 bridgehead atoms. The number of carboxylic acids is 1. The number of aromatic amines is 2. The maximum absolute atomic E-state index is 12.1. The van der Waals surface area contributed by atoms with E-state index in [0.717, 1.165) is 23.1 Å². The van der Waals surface area contributed by atoms with Gasteiger partial charge < -0.3 is 25.1 Å². The largest absolute Gasteiger partial charge is 0.506 e. The molecule has 0 radical (unpaired) electrons. The normalized spacial score (nSPS) is 11.4. The van der Waals surface area contributed by atoms with Gasteiger partial charge in [-0.1, -0.05) is 19.1 Å². The maximum Gasteiger partial charge on any atom is 0.345 e. The fourth-order valence-corrected chi connectivity index (χ4v) is 3.19. The van der Waals surface area contributed by atoms with Gasteiger partial charge in [0, 0.05) is 28.9 Å². The molecule has 2 heterocycles. The van der Waals surface area contributed by atoms with E-state index >= 15 is 0 Å². The SMILES string of the molecule is CCc1c(-c2ccc3cc(CN(C)C)[nH]c3c2)[nH]c(=O)c(C(=O)O)c1O. The van der Waals surface area contributed by atoms with E-state index in [1.165, 1.54) is 0 Å². The zero-order chi connectivity index (χ0) is 19.0. The second-order valence-electron chi connectivity index (χ2n) is 6.52. The number of benzene rings is 1. The number of hydrogen-bond donors (Lipinski definition) is 4. The predicted octanol–water partition coefficient (Wildman–Crippen LogP) is 2.55. The number of nitrogens with zero attached hydrogens (tertiary/aromatic N) is 1. The summed E-state index contributed by atoms with van der Waals surface area (Å²) in [6.45, 7) is 2.57. The summed E-state index contributed by atoms with van der Waals surface area (Å²) in [7, 11) is 3.98. The van der Waals surface area contributed by atoms with Crippen molar-refractivity contribution < 1.29 is 15.0 Å². The van der Waals surface area contributed by atoms with Gasteiger partial charge in [0.15, 0.2) is 5.56 Å². The molecule has 3 aromatic rings. The molecule has 0 spiro atoms. The van der Waals surface area contributed by atoms with Gasteiger partial charge >= 0.3 is 5.97 Å². The number of aromatic nitrogens is 2. The van der Waals surface area contributed by atoms with Crippen LogP contribution in [0.25, 0.3) is 22.2 Å². The summed E-state index contributed by atoms with van der Waals surface area (Å²) < 4.78 is 0. The van der Waals surface area contributed by atoms with Crippen molar-refractivity contribution in [1.29, 1.82) is 0 Å². The molecule has 1 aromatic carbocycles. The molecule has 0 atom stereocenters. The van der Waals surface area contributed by atoms with Gasteiger partial charge in [-0.15, -0.1) is 0 Å². The minimum absolute atomic E-state index is 0.382. The summed E-state index contributed by atoms with van der Waals surface area (Å²) in [4.78, 5) is 31.4. The van der Waals surface area contributed by atoms with Crippen molar-refractivity contribution in [2.45, 2.75) is 19.9 Å². The Morgan fingerprint density at radius 3 is 2.54 bits per heavy atom. The Labute approximate surface area is 149 Å². The number of H-pyrrole nitrogens is 2. The Bertz CT molecular complexity index is 1050. The second-order valence-corrected chi connectivity index (χ2v) is 6.52. The lowest BCUT2D eigenvalue weighted by atomic mass is 10.00. The average Bonchev–Trinajstić information content (AvgIpc) is 2.94. The van der Waals surface area contributed by atoms with Crippen LogP contribution in [0.5, 0.6) is 5.75 Å². The predicted molar refractivity (Wildman–Crippen MR) is 99.7 cm³/mol. The average molecular weight is 355 g/mol. The molecule has 7 nitrogen and oxygen atoms in total. The smallest absolute Gasteiger partial charge is 0.345 e. The van der Waals surface area contributed by atoms with Crippen LogP contribution < -0.4 is 5.56 Å². The summed E-state index contributed by atoms with van der Waals surface area (Å²) in [5, 5.41) is 20.5. The molecule has 0 saturated heterocycles. The molecule has 0 saturated carbocycles. The summed E-state index contributed by atoms with van der Waals surface area (Å²) in [6.07, 6.45) is 0.382. The molecular formula is C19H21N3O4. The topological polar surface area (TPSA) is 109 Å². The molecule has 0 amide bonds. The van der Waals surface area contributed by atoms with Crippen LogP contribution in [0.15, 0.2) is 29.1 Å². The molecule has 2 aromatic heterocycles. The van der Waals surface area contributed by atoms with Crippen molar-refractivity contribution in [3.8, 4) is 17.0 Å². The maximum atomic E-state index is 12.1. The van der Waals surface area contributed by atoms with Gasteiger partial charge in [-0.25, -0.2) is 4.79 Å². The summed E-state index contributed by atoms with van der Waals surface area (Å²) in [5.74, 6) is -1.92. The lowest BCUT2D eigenvalue weighted by Gasteiger charge is -2.12. The number of aromatic carboxylic acids is 1. The van der Waals surface area contributed by atoms with E-state index in [-0.39, 0.29) is 0 Å². The van der Waals surface area contributed by atoms with Crippen molar-refractivity contribution in [2.24, 2.45) is 0 Å². The lowest BCUT2D eigenvalue weighted by Crippen LogP contribution is -2.20. The lowest BCUT2D eigenvalue weighted by molar-refractivity contribution is 0.0691. The van der Waals surface area contributed by atoms with Crippen LogP contribution in [-0.2, 0) is 13.0 Å². The minimum Gasteiger partial charge on any atom is -0.506 e. The fourth-order valence-electron chi connectivity index (χ4n) is 3.19. The first kappa shape index (κ1) is 17.8. The van der Waals surface area contributed by atoms with Gasteiger partial charge in [-0.2, -0.15) is 0 Å². The van der Waals surface area contributed by atoms with E-state index in [2.05, 4.69) is 20.9 Å². The zero-order valence-corrected chi connectivity index (χ0v) is 14.9. The third-order valence-electron chi connectivity index (χ3n) is 4.31. The summed E-state index contributed by atoms with van der Waals surface area (Å²) >= 11 is 0. The summed E-state index contributed by atoms with van der Waals surface area (Å²) in [5.41, 5.74) is 2.07. The third kappa shape index (κ3) is 3.09. The van der Waals surface area contributed by atoms with E-state index in [9.17, 15) is 14.7 Å². The zero-order valence-electron chi connectivity index (χ0n) is 14.9. The molecule has 7 heteroatoms. The van der Waals surface area contributed by atoms with Crippen LogP contribution >= 0.6 is 0 Å². The quantitative estimate of drug-likeness (QED) is 0.562. The van der Waals surface area contributed by atoms with Crippen molar-refractivity contribution in [3.63, 3.8) is 0 Å². The number of rotatable bonds is 5. The van der Waals surface area contributed by atoms with Crippen LogP contribution in [0.4, 0.5) is 0 Å². The molecule has 0 unspecified atom stereocenters. The van der Waals surface area contributed by atoms with Gasteiger partial charge in [-0.05, 0) is 38.0 Å². The number of carbonyl (C=O) groups is 1. The Morgan fingerprint density at radius 2 is 1.92 bits per heavy atom. The number of pyridine rings is 1. The van der Waals surface area contributed by atoms with E-state index in [4.69, 9.17) is 5.11 Å². The molecular weight excluding hydrogens is 334 g/mol. The van der Waals surface area contributed by atoms with Crippen molar-refractivity contribution in [1.82, 2.24) is 14.9 Å². The highest BCUT2D eigenvalue weighted by Gasteiger charge is 2.22. The molecule has 0 fully saturated rings. The van der Waals surface area contributed by atoms with Gasteiger partial charge in [-0.3, -0.25) is 4.79 Å². The molecule has 0 aliphatic heterocycles. The van der Waals surface area contributed by atoms with Crippen molar-refractivity contribution >= 4 is 16.9 Å². The Hall–Kier alpha value is -3.06. The first-order valence-corrected chi connectivity index (χ1v) is 8.30. The Kier molecular flexibility index (Phi) is 4.56. The molecule has 3 rings (SSSR count). The number of fused-ring (bicyclic) bond motifs is 1. The van der Waals surface area contributed by atoms with E-state index < -0.39 is 22.8 Å². The standard InChI is InChI=1S/C19H21N3O4/c1-4-13-16(21-18(24)15(17(13)23)19(25)26)11-6-5-10-7-12(9-22(2)3)20-14(10)8-11/h5-8,20H,4,9H2,1-3H3,(H,25,26)(H2,21,23,24). The van der Waals surface area contributed by atoms with Gasteiger partial charge in [0.05, 0.1) is 5.69 Å². The number of hydrogen-bond acceptors (Lipinski definition) is 4. The minimum atomic E-state index is -1.45. The summed E-state index contributed by atoms with van der Waals surface area (Å²) in [6, 6.07) is 7.73. The van der Waals surface area contributed by atoms with E-state index in [0.29, 0.717) is 23.2 Å². The van der Waals surface area contributed by atoms with Gasteiger partial charge in [0.25, 0.3) is 5.56 Å². The van der Waals surface area contributed by atoms with Crippen molar-refractivity contribution in [2.75, 3.05) is 14.1 Å². The highest BCUT2D eigenvalue weighted by molar-refractivity contribution is 5.92. The van der Waals surface area contributed by atoms with Crippen LogP contribution in [-0.4, -0.2) is 45.1 Å². The highest BCUT2D eigenvalue weighted by Crippen LogP contribution is 2.31. The van der Waals surface area contributed by atoms with E-state index in [1.807, 2.05) is 32.3 Å². The van der Waals surface area contributed by atoms with Crippen molar-refractivity contribution in [3.05, 3.63) is 51.4 Å². The number of aromatic hydroxyl groups is 1. The van der Waals surface area contributed by atoms with Crippen LogP contribution in [0.2, 0.25) is 0 Å². The third-order valence-corrected chi connectivity index (χ3v) is 4.31. The molecule has 136 valence electrons. The molecule has 26 heavy (non-hydrogen) atoms. The Balaban J connectivity index is 2.17. The van der Waals surface area contributed by atoms with Crippen LogP contribution in [0.1, 0.15) is 28.5 Å². The van der Waals surface area contributed by atoms with E-state index in [1.54, 1.807) is 6.92 Å². The first-order chi connectivity index (χ1) is 12.3. The van der Waals surface area contributed by atoms with Gasteiger partial charge in [0.2, 0.25) is 0 Å². The highest BCUT2D eigenvalue weighted by atomic mass is 16.4. The second kappa shape index (κ2) is 6.68. The Morgan fingerprint density at radius 1 is 1.19 bits per heavy atom. The molecule has 4 N–H and O–H groups in total.